The molecular weight excluding hydrogens is 399 g/mol. The van der Waals surface area contributed by atoms with Crippen molar-refractivity contribution in [1.29, 1.82) is 0 Å². The Morgan fingerprint density at radius 3 is 2.79 bits per heavy atom. The maximum atomic E-state index is 12.0. The summed E-state index contributed by atoms with van der Waals surface area (Å²) in [5.41, 5.74) is 2.14. The first-order valence-corrected chi connectivity index (χ1v) is 9.60. The number of hydrogen-bond acceptors (Lipinski definition) is 4. The van der Waals surface area contributed by atoms with Crippen LogP contribution in [-0.2, 0) is 17.9 Å². The summed E-state index contributed by atoms with van der Waals surface area (Å²) in [6, 6.07) is 13.1. The molecule has 0 aliphatic carbocycles. The fraction of sp³-hybridized carbons (Fsp3) is 0.250. The summed E-state index contributed by atoms with van der Waals surface area (Å²) in [5.74, 6) is 0.545. The van der Waals surface area contributed by atoms with E-state index in [9.17, 15) is 4.79 Å². The molecule has 1 N–H and O–H groups in total. The van der Waals surface area contributed by atoms with E-state index in [-0.39, 0.29) is 5.91 Å². The Kier molecular flexibility index (Phi) is 7.28. The molecule has 3 rings (SSSR count). The number of rotatable bonds is 9. The SMILES string of the molecule is O=C(CCCOc1ccc(Cl)cc1Cl)NCc1cccc(Cn2cncn2)c1. The van der Waals surface area contributed by atoms with Gasteiger partial charge in [0.15, 0.2) is 0 Å². The van der Waals surface area contributed by atoms with Gasteiger partial charge in [0.2, 0.25) is 5.91 Å². The number of carbonyl (C=O) groups is 1. The number of ether oxygens (including phenoxy) is 1. The number of nitrogens with zero attached hydrogens (tertiary/aromatic N) is 3. The van der Waals surface area contributed by atoms with Crippen LogP contribution in [-0.4, -0.2) is 27.3 Å². The van der Waals surface area contributed by atoms with E-state index in [2.05, 4.69) is 15.4 Å². The standard InChI is InChI=1S/C20H20Cl2N4O2/c21-17-6-7-19(18(22)10-17)28-8-2-5-20(27)24-11-15-3-1-4-16(9-15)12-26-14-23-13-25-26/h1,3-4,6-7,9-10,13-14H,2,5,8,11-12H2,(H,24,27). The second-order valence-corrected chi connectivity index (χ2v) is 7.06. The molecule has 146 valence electrons. The predicted molar refractivity (Wildman–Crippen MR) is 109 cm³/mol. The first kappa shape index (κ1) is 20.2. The van der Waals surface area contributed by atoms with Crippen LogP contribution in [0.4, 0.5) is 0 Å². The number of benzene rings is 2. The molecule has 0 atom stereocenters. The smallest absolute Gasteiger partial charge is 0.220 e. The first-order chi connectivity index (χ1) is 13.6. The Morgan fingerprint density at radius 2 is 2.00 bits per heavy atom. The van der Waals surface area contributed by atoms with Crippen molar-refractivity contribution < 1.29 is 9.53 Å². The van der Waals surface area contributed by atoms with Crippen LogP contribution >= 0.6 is 23.2 Å². The van der Waals surface area contributed by atoms with Gasteiger partial charge in [-0.25, -0.2) is 9.67 Å². The number of carbonyl (C=O) groups excluding carboxylic acids is 1. The molecule has 8 heteroatoms. The van der Waals surface area contributed by atoms with Crippen molar-refractivity contribution in [2.75, 3.05) is 6.61 Å². The summed E-state index contributed by atoms with van der Waals surface area (Å²) in [7, 11) is 0. The highest BCUT2D eigenvalue weighted by molar-refractivity contribution is 6.35. The summed E-state index contributed by atoms with van der Waals surface area (Å²) >= 11 is 11.9. The van der Waals surface area contributed by atoms with E-state index in [4.69, 9.17) is 27.9 Å². The zero-order valence-corrected chi connectivity index (χ0v) is 16.7. The minimum atomic E-state index is -0.0208. The lowest BCUT2D eigenvalue weighted by atomic mass is 10.1. The van der Waals surface area contributed by atoms with Gasteiger partial charge in [-0.3, -0.25) is 4.79 Å². The van der Waals surface area contributed by atoms with E-state index < -0.39 is 0 Å². The van der Waals surface area contributed by atoms with Gasteiger partial charge in [-0.15, -0.1) is 0 Å². The summed E-state index contributed by atoms with van der Waals surface area (Å²) < 4.78 is 7.34. The average Bonchev–Trinajstić information content (AvgIpc) is 3.18. The molecule has 0 bridgehead atoms. The van der Waals surface area contributed by atoms with Crippen LogP contribution < -0.4 is 10.1 Å². The van der Waals surface area contributed by atoms with Gasteiger partial charge in [0.1, 0.15) is 18.4 Å². The van der Waals surface area contributed by atoms with E-state index in [1.54, 1.807) is 29.2 Å². The Labute approximate surface area is 173 Å². The zero-order valence-electron chi connectivity index (χ0n) is 15.1. The molecule has 0 unspecified atom stereocenters. The fourth-order valence-electron chi connectivity index (χ4n) is 2.64. The molecule has 1 heterocycles. The third-order valence-electron chi connectivity index (χ3n) is 3.99. The minimum Gasteiger partial charge on any atom is -0.492 e. The van der Waals surface area contributed by atoms with Gasteiger partial charge in [0, 0.05) is 18.0 Å². The van der Waals surface area contributed by atoms with Crippen LogP contribution in [0.5, 0.6) is 5.75 Å². The molecular formula is C20H20Cl2N4O2. The van der Waals surface area contributed by atoms with Crippen LogP contribution in [0, 0.1) is 0 Å². The summed E-state index contributed by atoms with van der Waals surface area (Å²) in [4.78, 5) is 16.0. The molecule has 2 aromatic carbocycles. The molecule has 0 spiro atoms. The second kappa shape index (κ2) is 10.1. The number of nitrogens with one attached hydrogen (secondary N) is 1. The third-order valence-corrected chi connectivity index (χ3v) is 4.52. The van der Waals surface area contributed by atoms with Crippen molar-refractivity contribution in [3.63, 3.8) is 0 Å². The third kappa shape index (κ3) is 6.25. The van der Waals surface area contributed by atoms with Crippen LogP contribution in [0.2, 0.25) is 10.0 Å². The topological polar surface area (TPSA) is 69.0 Å². The lowest BCUT2D eigenvalue weighted by Gasteiger charge is -2.09. The Balaban J connectivity index is 1.38. The van der Waals surface area contributed by atoms with Crippen molar-refractivity contribution in [2.45, 2.75) is 25.9 Å². The van der Waals surface area contributed by atoms with Gasteiger partial charge in [-0.2, -0.15) is 5.10 Å². The Morgan fingerprint density at radius 1 is 1.14 bits per heavy atom. The van der Waals surface area contributed by atoms with Gasteiger partial charge in [-0.1, -0.05) is 47.5 Å². The van der Waals surface area contributed by atoms with Gasteiger partial charge in [0.25, 0.3) is 0 Å². The molecule has 28 heavy (non-hydrogen) atoms. The second-order valence-electron chi connectivity index (χ2n) is 6.22. The first-order valence-electron chi connectivity index (χ1n) is 8.85. The molecule has 0 radical (unpaired) electrons. The summed E-state index contributed by atoms with van der Waals surface area (Å²) in [6.45, 7) is 1.53. The predicted octanol–water partition coefficient (Wildman–Crippen LogP) is 4.11. The van der Waals surface area contributed by atoms with Crippen LogP contribution in [0.3, 0.4) is 0 Å². The molecule has 0 saturated heterocycles. The number of amides is 1. The average molecular weight is 419 g/mol. The molecule has 3 aromatic rings. The normalized spacial score (nSPS) is 10.6. The van der Waals surface area contributed by atoms with Crippen LogP contribution in [0.1, 0.15) is 24.0 Å². The number of halogens is 2. The van der Waals surface area contributed by atoms with E-state index in [1.165, 1.54) is 6.33 Å². The maximum absolute atomic E-state index is 12.0. The lowest BCUT2D eigenvalue weighted by Crippen LogP contribution is -2.23. The maximum Gasteiger partial charge on any atom is 0.220 e. The summed E-state index contributed by atoms with van der Waals surface area (Å²) in [6.07, 6.45) is 4.16. The molecule has 1 aromatic heterocycles. The van der Waals surface area contributed by atoms with Crippen molar-refractivity contribution in [1.82, 2.24) is 20.1 Å². The van der Waals surface area contributed by atoms with E-state index in [1.807, 2.05) is 24.3 Å². The van der Waals surface area contributed by atoms with E-state index in [0.717, 1.165) is 11.1 Å². The number of aromatic nitrogens is 3. The quantitative estimate of drug-likeness (QED) is 0.530. The zero-order chi connectivity index (χ0) is 19.8. The van der Waals surface area contributed by atoms with Crippen molar-refractivity contribution in [3.05, 3.63) is 76.3 Å². The van der Waals surface area contributed by atoms with Gasteiger partial charge >= 0.3 is 0 Å². The van der Waals surface area contributed by atoms with Gasteiger partial charge < -0.3 is 10.1 Å². The van der Waals surface area contributed by atoms with E-state index in [0.29, 0.717) is 48.3 Å². The highest BCUT2D eigenvalue weighted by Crippen LogP contribution is 2.27. The van der Waals surface area contributed by atoms with Crippen LogP contribution in [0.25, 0.3) is 0 Å². The van der Waals surface area contributed by atoms with Gasteiger partial charge in [-0.05, 0) is 35.7 Å². The highest BCUT2D eigenvalue weighted by Gasteiger charge is 2.05. The van der Waals surface area contributed by atoms with E-state index >= 15 is 0 Å². The Hall–Kier alpha value is -2.57. The van der Waals surface area contributed by atoms with Crippen molar-refractivity contribution >= 4 is 29.1 Å². The molecule has 0 saturated carbocycles. The molecule has 0 fully saturated rings. The largest absolute Gasteiger partial charge is 0.492 e. The number of hydrogen-bond donors (Lipinski definition) is 1. The fourth-order valence-corrected chi connectivity index (χ4v) is 3.10. The summed E-state index contributed by atoms with van der Waals surface area (Å²) in [5, 5.41) is 8.05. The lowest BCUT2D eigenvalue weighted by molar-refractivity contribution is -0.121. The van der Waals surface area contributed by atoms with Gasteiger partial charge in [0.05, 0.1) is 18.2 Å². The molecule has 0 aliphatic rings. The molecule has 1 amide bonds. The molecule has 6 nitrogen and oxygen atoms in total. The minimum absolute atomic E-state index is 0.0208. The highest BCUT2D eigenvalue weighted by atomic mass is 35.5. The monoisotopic (exact) mass is 418 g/mol. The van der Waals surface area contributed by atoms with Crippen molar-refractivity contribution in [3.8, 4) is 5.75 Å². The van der Waals surface area contributed by atoms with Crippen molar-refractivity contribution in [2.24, 2.45) is 0 Å². The molecule has 0 aliphatic heterocycles. The Bertz CT molecular complexity index is 916. The van der Waals surface area contributed by atoms with Crippen LogP contribution in [0.15, 0.2) is 55.1 Å².